The van der Waals surface area contributed by atoms with Crippen molar-refractivity contribution in [2.24, 2.45) is 0 Å². The Hall–Kier alpha value is -0.120. The standard InChI is InChI=1S/6C10H22.H2O3/c6*1-3-5-7-9-10-8-6-4-2;1-3-2/h6*3-10H2,1-2H3;1-2H. The topological polar surface area (TPSA) is 49.7 Å². The second-order valence-corrected chi connectivity index (χ2v) is 18.8. The molecule has 0 amide bonds. The van der Waals surface area contributed by atoms with Crippen LogP contribution in [0.3, 0.4) is 0 Å². The van der Waals surface area contributed by atoms with Crippen molar-refractivity contribution in [1.82, 2.24) is 0 Å². The van der Waals surface area contributed by atoms with Crippen molar-refractivity contribution in [3.8, 4) is 0 Å². The molecule has 0 atom stereocenters. The van der Waals surface area contributed by atoms with Crippen LogP contribution >= 0.6 is 0 Å². The molecule has 0 saturated carbocycles. The average Bonchev–Trinajstić information content (AvgIpc) is 3.30. The van der Waals surface area contributed by atoms with Gasteiger partial charge in [0.15, 0.2) is 0 Å². The van der Waals surface area contributed by atoms with E-state index in [2.05, 4.69) is 88.1 Å². The van der Waals surface area contributed by atoms with E-state index in [4.69, 9.17) is 10.5 Å². The summed E-state index contributed by atoms with van der Waals surface area (Å²) >= 11 is 0. The highest BCUT2D eigenvalue weighted by Crippen LogP contribution is 2.11. The molecule has 2 N–H and O–H groups in total. The second kappa shape index (κ2) is 96.0. The number of rotatable bonds is 42. The first-order chi connectivity index (χ1) is 30.9. The lowest BCUT2D eigenvalue weighted by Crippen LogP contribution is -1.77. The average molecular weight is 904 g/mol. The van der Waals surface area contributed by atoms with Crippen LogP contribution in [0.1, 0.15) is 391 Å². The minimum atomic E-state index is 1.37. The number of hydrogen-bond donors (Lipinski definition) is 2. The molecule has 0 unspecified atom stereocenters. The van der Waals surface area contributed by atoms with Gasteiger partial charge in [0.1, 0.15) is 0 Å². The first kappa shape index (κ1) is 77.1. The Bertz CT molecular complexity index is 396. The fraction of sp³-hybridized carbons (Fsp3) is 1.00. The monoisotopic (exact) mass is 903 g/mol. The Morgan fingerprint density at radius 2 is 0.190 bits per heavy atom. The molecule has 0 saturated heterocycles. The lowest BCUT2D eigenvalue weighted by Gasteiger charge is -1.97. The predicted octanol–water partition coefficient (Wildman–Crippen LogP) is 24.8. The number of hydrogen-bond acceptors (Lipinski definition) is 3. The van der Waals surface area contributed by atoms with Gasteiger partial charge >= 0.3 is 0 Å². The lowest BCUT2D eigenvalue weighted by atomic mass is 10.1. The van der Waals surface area contributed by atoms with Gasteiger partial charge in [0.2, 0.25) is 0 Å². The van der Waals surface area contributed by atoms with Crippen molar-refractivity contribution in [2.75, 3.05) is 0 Å². The first-order valence-electron chi connectivity index (χ1n) is 29.9. The molecule has 0 aliphatic heterocycles. The Morgan fingerprint density at radius 1 is 0.143 bits per heavy atom. The second-order valence-electron chi connectivity index (χ2n) is 18.8. The van der Waals surface area contributed by atoms with Crippen LogP contribution in [0.5, 0.6) is 0 Å². The van der Waals surface area contributed by atoms with Gasteiger partial charge in [-0.15, -0.1) is 0 Å². The minimum Gasteiger partial charge on any atom is -0.221 e. The SMILES string of the molecule is CCCCCCCCCC.CCCCCCCCCC.CCCCCCCCCC.CCCCCCCCCC.CCCCCCCCCC.CCCCCCCCCC.OOO. The predicted molar refractivity (Wildman–Crippen MR) is 296 cm³/mol. The van der Waals surface area contributed by atoms with E-state index in [-0.39, 0.29) is 0 Å². The van der Waals surface area contributed by atoms with Gasteiger partial charge in [0.25, 0.3) is 0 Å². The van der Waals surface area contributed by atoms with Crippen LogP contribution in [0.15, 0.2) is 0 Å². The lowest BCUT2D eigenvalue weighted by molar-refractivity contribution is -0.465. The molecule has 3 heteroatoms. The van der Waals surface area contributed by atoms with Crippen molar-refractivity contribution < 1.29 is 15.6 Å². The van der Waals surface area contributed by atoms with E-state index < -0.39 is 0 Å². The molecule has 0 bridgehead atoms. The van der Waals surface area contributed by atoms with Gasteiger partial charge in [0.05, 0.1) is 0 Å². The zero-order valence-electron chi connectivity index (χ0n) is 47.2. The molecule has 0 aliphatic rings. The van der Waals surface area contributed by atoms with Crippen molar-refractivity contribution in [2.45, 2.75) is 391 Å². The van der Waals surface area contributed by atoms with Gasteiger partial charge in [-0.3, -0.25) is 0 Å². The van der Waals surface area contributed by atoms with Crippen molar-refractivity contribution in [1.29, 1.82) is 0 Å². The van der Waals surface area contributed by atoms with E-state index in [1.165, 1.54) is 308 Å². The first-order valence-corrected chi connectivity index (χ1v) is 29.9. The molecule has 0 aromatic rings. The van der Waals surface area contributed by atoms with E-state index in [1.54, 1.807) is 0 Å². The highest BCUT2D eigenvalue weighted by Gasteiger charge is 1.92. The summed E-state index contributed by atoms with van der Waals surface area (Å²) in [6, 6.07) is 0. The van der Waals surface area contributed by atoms with Gasteiger partial charge in [-0.2, -0.15) is 0 Å². The van der Waals surface area contributed by atoms with Crippen LogP contribution in [0, 0.1) is 0 Å². The normalized spacial score (nSPS) is 10.0. The molecule has 0 aromatic heterocycles. The van der Waals surface area contributed by atoms with E-state index >= 15 is 0 Å². The van der Waals surface area contributed by atoms with Crippen LogP contribution in [0.4, 0.5) is 0 Å². The van der Waals surface area contributed by atoms with E-state index in [0.29, 0.717) is 0 Å². The Morgan fingerprint density at radius 3 is 0.238 bits per heavy atom. The van der Waals surface area contributed by atoms with Crippen LogP contribution < -0.4 is 0 Å². The van der Waals surface area contributed by atoms with E-state index in [9.17, 15) is 0 Å². The summed E-state index contributed by atoms with van der Waals surface area (Å²) in [6.45, 7) is 27.2. The third-order valence-corrected chi connectivity index (χ3v) is 11.7. The van der Waals surface area contributed by atoms with Crippen molar-refractivity contribution in [3.63, 3.8) is 0 Å². The van der Waals surface area contributed by atoms with E-state index in [1.807, 2.05) is 0 Å². The molecular weight excluding hydrogens is 769 g/mol. The maximum absolute atomic E-state index is 6.62. The molecule has 3 nitrogen and oxygen atoms in total. The third kappa shape index (κ3) is 127. The van der Waals surface area contributed by atoms with Crippen LogP contribution in [-0.4, -0.2) is 10.5 Å². The van der Waals surface area contributed by atoms with Crippen molar-refractivity contribution in [3.05, 3.63) is 0 Å². The fourth-order valence-electron chi connectivity index (χ4n) is 7.24. The van der Waals surface area contributed by atoms with E-state index in [0.717, 1.165) is 0 Å². The summed E-state index contributed by atoms with van der Waals surface area (Å²) in [6.07, 6.45) is 68.8. The Balaban J connectivity index is -0.000000118. The van der Waals surface area contributed by atoms with Gasteiger partial charge in [0, 0.05) is 0 Å². The zero-order valence-corrected chi connectivity index (χ0v) is 47.2. The van der Waals surface area contributed by atoms with Crippen LogP contribution in [0.25, 0.3) is 0 Å². The highest BCUT2D eigenvalue weighted by atomic mass is 17.4. The fourth-order valence-corrected chi connectivity index (χ4v) is 7.24. The molecule has 392 valence electrons. The van der Waals surface area contributed by atoms with Gasteiger partial charge < -0.3 is 0 Å². The Labute approximate surface area is 405 Å². The molecule has 0 spiro atoms. The van der Waals surface area contributed by atoms with Gasteiger partial charge in [-0.25, -0.2) is 10.5 Å². The summed E-state index contributed by atoms with van der Waals surface area (Å²) in [5.74, 6) is 0. The summed E-state index contributed by atoms with van der Waals surface area (Å²) in [5, 5.41) is 15.5. The van der Waals surface area contributed by atoms with Gasteiger partial charge in [-0.1, -0.05) is 396 Å². The summed E-state index contributed by atoms with van der Waals surface area (Å²) in [5.41, 5.74) is 0. The minimum absolute atomic E-state index is 1.37. The molecule has 0 radical (unpaired) electrons. The van der Waals surface area contributed by atoms with Crippen molar-refractivity contribution >= 4 is 0 Å². The number of unbranched alkanes of at least 4 members (excludes halogenated alkanes) is 42. The maximum atomic E-state index is 6.62. The Kier molecular flexibility index (Phi) is 117. The molecule has 0 heterocycles. The zero-order chi connectivity index (χ0) is 48.6. The molecule has 0 aliphatic carbocycles. The van der Waals surface area contributed by atoms with Crippen LogP contribution in [0.2, 0.25) is 0 Å². The summed E-state index contributed by atoms with van der Waals surface area (Å²) < 4.78 is 0. The molecular formula is C60H134O3. The molecule has 0 rings (SSSR count). The molecule has 63 heavy (non-hydrogen) atoms. The summed E-state index contributed by atoms with van der Waals surface area (Å²) in [4.78, 5) is 0. The van der Waals surface area contributed by atoms with Gasteiger partial charge in [-0.05, 0) is 0 Å². The molecule has 0 aromatic carbocycles. The maximum Gasteiger partial charge on any atom is -0.0533 e. The van der Waals surface area contributed by atoms with Crippen LogP contribution in [-0.2, 0) is 5.04 Å². The molecule has 0 fully saturated rings. The third-order valence-electron chi connectivity index (χ3n) is 11.7. The highest BCUT2D eigenvalue weighted by molar-refractivity contribution is 4.47. The largest absolute Gasteiger partial charge is 0.221 e. The summed E-state index contributed by atoms with van der Waals surface area (Å²) in [7, 11) is 0. The smallest absolute Gasteiger partial charge is 0.0533 e. The quantitative estimate of drug-likeness (QED) is 0.0365.